The van der Waals surface area contributed by atoms with E-state index in [-0.39, 0.29) is 11.9 Å². The number of likely N-dealkylation sites (N-methyl/N-ethyl adjacent to an activating group) is 1. The highest BCUT2D eigenvalue weighted by molar-refractivity contribution is 9.11. The summed E-state index contributed by atoms with van der Waals surface area (Å²) in [6.07, 6.45) is 0.378. The zero-order chi connectivity index (χ0) is 14.7. The number of benzene rings is 2. The Hall–Kier alpha value is -0.780. The van der Waals surface area contributed by atoms with Crippen LogP contribution in [0.3, 0.4) is 0 Å². The van der Waals surface area contributed by atoms with Gasteiger partial charge in [0.25, 0.3) is 0 Å². The Labute approximate surface area is 133 Å². The van der Waals surface area contributed by atoms with Crippen LogP contribution in [0.15, 0.2) is 45.3 Å². The van der Waals surface area contributed by atoms with Crippen LogP contribution in [0.2, 0.25) is 0 Å². The zero-order valence-corrected chi connectivity index (χ0v) is 13.9. The van der Waals surface area contributed by atoms with Crippen molar-refractivity contribution in [3.8, 4) is 0 Å². The molecule has 0 spiro atoms. The van der Waals surface area contributed by atoms with Crippen LogP contribution in [0.5, 0.6) is 0 Å². The van der Waals surface area contributed by atoms with Crippen molar-refractivity contribution in [2.24, 2.45) is 0 Å². The molecule has 5 heteroatoms. The maximum Gasteiger partial charge on any atom is 0.126 e. The molecule has 2 rings (SSSR count). The van der Waals surface area contributed by atoms with Crippen molar-refractivity contribution in [1.29, 1.82) is 0 Å². The molecule has 0 fully saturated rings. The third-order valence-electron chi connectivity index (χ3n) is 3.07. The summed E-state index contributed by atoms with van der Waals surface area (Å²) < 4.78 is 28.8. The second-order valence-corrected chi connectivity index (χ2v) is 6.32. The second-order valence-electron chi connectivity index (χ2n) is 4.48. The topological polar surface area (TPSA) is 12.0 Å². The molecule has 1 N–H and O–H groups in total. The third kappa shape index (κ3) is 3.87. The van der Waals surface area contributed by atoms with Gasteiger partial charge in [-0.1, -0.05) is 31.9 Å². The summed E-state index contributed by atoms with van der Waals surface area (Å²) in [5.74, 6) is -0.813. The van der Waals surface area contributed by atoms with E-state index in [1.807, 2.05) is 18.2 Å². The van der Waals surface area contributed by atoms with Crippen LogP contribution in [0.4, 0.5) is 8.78 Å². The van der Waals surface area contributed by atoms with Crippen LogP contribution >= 0.6 is 31.9 Å². The molecule has 106 valence electrons. The highest BCUT2D eigenvalue weighted by Gasteiger charge is 2.14. The molecule has 20 heavy (non-hydrogen) atoms. The zero-order valence-electron chi connectivity index (χ0n) is 10.8. The van der Waals surface area contributed by atoms with Crippen molar-refractivity contribution in [3.63, 3.8) is 0 Å². The molecular weight excluding hydrogens is 392 g/mol. The summed E-state index contributed by atoms with van der Waals surface area (Å²) in [6.45, 7) is 0. The first kappa shape index (κ1) is 15.6. The van der Waals surface area contributed by atoms with Crippen molar-refractivity contribution >= 4 is 31.9 Å². The van der Waals surface area contributed by atoms with Crippen LogP contribution in [-0.4, -0.2) is 7.05 Å². The van der Waals surface area contributed by atoms with Gasteiger partial charge in [0.05, 0.1) is 0 Å². The largest absolute Gasteiger partial charge is 0.313 e. The minimum atomic E-state index is -0.424. The van der Waals surface area contributed by atoms with Gasteiger partial charge in [-0.15, -0.1) is 0 Å². The van der Waals surface area contributed by atoms with E-state index in [4.69, 9.17) is 0 Å². The van der Waals surface area contributed by atoms with E-state index < -0.39 is 5.82 Å². The minimum absolute atomic E-state index is 0.0971. The van der Waals surface area contributed by atoms with Crippen molar-refractivity contribution in [2.45, 2.75) is 12.5 Å². The first-order chi connectivity index (χ1) is 9.49. The summed E-state index contributed by atoms with van der Waals surface area (Å²) in [5, 5.41) is 3.14. The van der Waals surface area contributed by atoms with Gasteiger partial charge in [-0.25, -0.2) is 8.78 Å². The summed E-state index contributed by atoms with van der Waals surface area (Å²) >= 11 is 6.86. The fourth-order valence-corrected chi connectivity index (χ4v) is 3.41. The molecule has 0 radical (unpaired) electrons. The molecule has 1 atom stereocenters. The fraction of sp³-hybridized carbons (Fsp3) is 0.200. The molecule has 2 aromatic carbocycles. The Balaban J connectivity index is 2.30. The molecule has 0 aliphatic carbocycles. The Morgan fingerprint density at radius 2 is 1.70 bits per heavy atom. The smallest absolute Gasteiger partial charge is 0.126 e. The van der Waals surface area contributed by atoms with E-state index in [1.165, 1.54) is 6.07 Å². The highest BCUT2D eigenvalue weighted by atomic mass is 79.9. The van der Waals surface area contributed by atoms with Gasteiger partial charge in [0.2, 0.25) is 0 Å². The van der Waals surface area contributed by atoms with E-state index >= 15 is 0 Å². The fourth-order valence-electron chi connectivity index (χ4n) is 2.08. The quantitative estimate of drug-likeness (QED) is 0.756. The summed E-state index contributed by atoms with van der Waals surface area (Å²) in [4.78, 5) is 0. The lowest BCUT2D eigenvalue weighted by Crippen LogP contribution is -2.19. The average molecular weight is 405 g/mol. The summed E-state index contributed by atoms with van der Waals surface area (Å²) in [7, 11) is 1.80. The van der Waals surface area contributed by atoms with Gasteiger partial charge < -0.3 is 5.32 Å². The second kappa shape index (κ2) is 6.78. The van der Waals surface area contributed by atoms with Crippen molar-refractivity contribution in [2.75, 3.05) is 7.05 Å². The Bertz CT molecular complexity index is 597. The molecule has 0 aromatic heterocycles. The van der Waals surface area contributed by atoms with Crippen molar-refractivity contribution in [1.82, 2.24) is 5.32 Å². The van der Waals surface area contributed by atoms with Crippen LogP contribution in [0.1, 0.15) is 17.2 Å². The molecule has 0 saturated heterocycles. The first-order valence-electron chi connectivity index (χ1n) is 6.07. The van der Waals surface area contributed by atoms with E-state index in [0.29, 0.717) is 12.0 Å². The predicted octanol–water partition coefficient (Wildman–Crippen LogP) is 4.99. The first-order valence-corrected chi connectivity index (χ1v) is 7.65. The summed E-state index contributed by atoms with van der Waals surface area (Å²) in [5.41, 5.74) is 1.36. The SMILES string of the molecule is CNC(Cc1cc(F)ccc1F)c1cc(Br)cc(Br)c1. The molecular formula is C15H13Br2F2N. The van der Waals surface area contributed by atoms with E-state index in [1.54, 1.807) is 7.05 Å². The van der Waals surface area contributed by atoms with Crippen molar-refractivity contribution < 1.29 is 8.78 Å². The molecule has 0 aliphatic rings. The molecule has 2 aromatic rings. The maximum absolute atomic E-state index is 13.7. The van der Waals surface area contributed by atoms with Crippen molar-refractivity contribution in [3.05, 3.63) is 68.1 Å². The van der Waals surface area contributed by atoms with Gasteiger partial charge in [-0.2, -0.15) is 0 Å². The van der Waals surface area contributed by atoms with Gasteiger partial charge in [0, 0.05) is 15.0 Å². The average Bonchev–Trinajstić information content (AvgIpc) is 2.38. The Kier molecular flexibility index (Phi) is 5.29. The lowest BCUT2D eigenvalue weighted by atomic mass is 9.98. The van der Waals surface area contributed by atoms with Crippen LogP contribution in [0.25, 0.3) is 0 Å². The Morgan fingerprint density at radius 1 is 1.05 bits per heavy atom. The standard InChI is InChI=1S/C15H13Br2F2N/c1-20-15(10-4-11(16)8-12(17)5-10)7-9-6-13(18)2-3-14(9)19/h2-6,8,15,20H,7H2,1H3. The predicted molar refractivity (Wildman–Crippen MR) is 83.7 cm³/mol. The van der Waals surface area contributed by atoms with E-state index in [9.17, 15) is 8.78 Å². The molecule has 1 unspecified atom stereocenters. The number of hydrogen-bond donors (Lipinski definition) is 1. The van der Waals surface area contributed by atoms with Crippen LogP contribution < -0.4 is 5.32 Å². The Morgan fingerprint density at radius 3 is 2.30 bits per heavy atom. The minimum Gasteiger partial charge on any atom is -0.313 e. The molecule has 0 bridgehead atoms. The van der Waals surface area contributed by atoms with Crippen LogP contribution in [-0.2, 0) is 6.42 Å². The lowest BCUT2D eigenvalue weighted by molar-refractivity contribution is 0.543. The molecule has 0 heterocycles. The van der Waals surface area contributed by atoms with Crippen LogP contribution in [0, 0.1) is 11.6 Å². The van der Waals surface area contributed by atoms with E-state index in [2.05, 4.69) is 37.2 Å². The number of nitrogens with one attached hydrogen (secondary N) is 1. The molecule has 0 amide bonds. The third-order valence-corrected chi connectivity index (χ3v) is 3.98. The molecule has 1 nitrogen and oxygen atoms in total. The van der Waals surface area contributed by atoms with Gasteiger partial charge in [-0.3, -0.25) is 0 Å². The monoisotopic (exact) mass is 403 g/mol. The van der Waals surface area contributed by atoms with E-state index in [0.717, 1.165) is 26.6 Å². The number of rotatable bonds is 4. The van der Waals surface area contributed by atoms with Gasteiger partial charge in [0.15, 0.2) is 0 Å². The maximum atomic E-state index is 13.7. The number of halogens is 4. The van der Waals surface area contributed by atoms with Gasteiger partial charge in [0.1, 0.15) is 11.6 Å². The van der Waals surface area contributed by atoms with Gasteiger partial charge in [-0.05, 0) is 61.0 Å². The highest BCUT2D eigenvalue weighted by Crippen LogP contribution is 2.27. The number of hydrogen-bond acceptors (Lipinski definition) is 1. The summed E-state index contributed by atoms with van der Waals surface area (Å²) in [6, 6.07) is 9.29. The normalized spacial score (nSPS) is 12.4. The van der Waals surface area contributed by atoms with Gasteiger partial charge >= 0.3 is 0 Å². The lowest BCUT2D eigenvalue weighted by Gasteiger charge is -2.18. The molecule has 0 aliphatic heterocycles. The molecule has 0 saturated carbocycles.